The fourth-order valence-electron chi connectivity index (χ4n) is 1.38. The molecule has 0 unspecified atom stereocenters. The molecule has 5 heteroatoms. The van der Waals surface area contributed by atoms with Crippen LogP contribution in [0.2, 0.25) is 0 Å². The molecule has 1 aliphatic rings. The van der Waals surface area contributed by atoms with Crippen molar-refractivity contribution < 1.29 is 9.18 Å². The van der Waals surface area contributed by atoms with Crippen molar-refractivity contribution >= 4 is 13.6 Å². The maximum absolute atomic E-state index is 13.1. The Balaban J connectivity index is 2.42. The number of rotatable bonds is 2. The molecule has 3 nitrogen and oxygen atoms in total. The summed E-state index contributed by atoms with van der Waals surface area (Å²) < 4.78 is 13.1. The summed E-state index contributed by atoms with van der Waals surface area (Å²) in [4.78, 5) is 11.8. The number of hydrogen-bond donors (Lipinski definition) is 1. The molecule has 2 atom stereocenters. The molecule has 0 aromatic heterocycles. The van der Waals surface area contributed by atoms with E-state index >= 15 is 0 Å². The van der Waals surface area contributed by atoms with Gasteiger partial charge >= 0.3 is 0 Å². The number of hydrogen-bond acceptors (Lipinski definition) is 3. The second-order valence-electron chi connectivity index (χ2n) is 3.10. The van der Waals surface area contributed by atoms with Crippen molar-refractivity contribution in [2.24, 2.45) is 5.73 Å². The van der Waals surface area contributed by atoms with Crippen LogP contribution in [0.15, 0.2) is 0 Å². The topological polar surface area (TPSA) is 46.3 Å². The highest BCUT2D eigenvalue weighted by Gasteiger charge is 2.23. The van der Waals surface area contributed by atoms with Crippen LogP contribution in [0.4, 0.5) is 4.39 Å². The summed E-state index contributed by atoms with van der Waals surface area (Å²) in [6.07, 6.45) is 1.23. The molecular weight excluding hydrogens is 158 g/mol. The number of nitrogens with two attached hydrogens (primary N) is 1. The first-order chi connectivity index (χ1) is 5.74. The van der Waals surface area contributed by atoms with E-state index < -0.39 is 6.17 Å². The first kappa shape index (κ1) is 9.67. The molecule has 0 spiro atoms. The van der Waals surface area contributed by atoms with E-state index in [4.69, 9.17) is 5.73 Å². The van der Waals surface area contributed by atoms with Crippen molar-refractivity contribution in [3.05, 3.63) is 0 Å². The number of alkyl halides is 1. The van der Waals surface area contributed by atoms with Crippen LogP contribution in [0.1, 0.15) is 12.8 Å². The number of nitrogens with zero attached hydrogens (tertiary/aromatic N) is 1. The Bertz CT molecular complexity index is 158. The monoisotopic (exact) mass is 171 g/mol. The lowest BCUT2D eigenvalue weighted by atomic mass is 9.94. The van der Waals surface area contributed by atoms with Crippen molar-refractivity contribution in [2.45, 2.75) is 25.1 Å². The van der Waals surface area contributed by atoms with Gasteiger partial charge in [0.1, 0.15) is 6.17 Å². The van der Waals surface area contributed by atoms with Crippen molar-refractivity contribution in [2.75, 3.05) is 13.1 Å². The fraction of sp³-hybridized carbons (Fsp3) is 0.857. The zero-order chi connectivity index (χ0) is 8.97. The summed E-state index contributed by atoms with van der Waals surface area (Å²) in [6.45, 7) is 0.979. The minimum Gasteiger partial charge on any atom is -0.337 e. The van der Waals surface area contributed by atoms with Crippen LogP contribution >= 0.6 is 0 Å². The predicted octanol–water partition coefficient (Wildman–Crippen LogP) is -0.443. The lowest BCUT2D eigenvalue weighted by molar-refractivity contribution is 0.251. The average molecular weight is 171 g/mol. The van der Waals surface area contributed by atoms with Crippen molar-refractivity contribution in [1.82, 2.24) is 4.81 Å². The smallest absolute Gasteiger partial charge is 0.293 e. The highest BCUT2D eigenvalue weighted by molar-refractivity contribution is 6.64. The number of halogens is 1. The Morgan fingerprint density at radius 3 is 3.08 bits per heavy atom. The lowest BCUT2D eigenvalue weighted by Crippen LogP contribution is -2.39. The van der Waals surface area contributed by atoms with Gasteiger partial charge in [0, 0.05) is 12.6 Å². The molecule has 1 aliphatic heterocycles. The van der Waals surface area contributed by atoms with E-state index in [1.807, 2.05) is 0 Å². The third-order valence-electron chi connectivity index (χ3n) is 2.13. The molecule has 1 saturated heterocycles. The molecule has 1 heterocycles. The quantitative estimate of drug-likeness (QED) is 0.452. The van der Waals surface area contributed by atoms with Crippen LogP contribution in [0.5, 0.6) is 0 Å². The van der Waals surface area contributed by atoms with Gasteiger partial charge in [0.15, 0.2) is 0 Å². The van der Waals surface area contributed by atoms with Crippen LogP contribution in [0.3, 0.4) is 0 Å². The Hall–Kier alpha value is -0.415. The van der Waals surface area contributed by atoms with E-state index in [-0.39, 0.29) is 12.6 Å². The summed E-state index contributed by atoms with van der Waals surface area (Å²) >= 11 is 0. The third kappa shape index (κ3) is 2.57. The molecule has 0 aromatic carbocycles. The van der Waals surface area contributed by atoms with E-state index in [1.54, 1.807) is 4.81 Å². The van der Waals surface area contributed by atoms with Crippen LogP contribution in [0.25, 0.3) is 0 Å². The van der Waals surface area contributed by atoms with Gasteiger partial charge in [-0.1, -0.05) is 0 Å². The molecule has 1 radical (unpaired) electrons. The predicted molar refractivity (Wildman–Crippen MR) is 46.2 cm³/mol. The van der Waals surface area contributed by atoms with E-state index in [2.05, 4.69) is 0 Å². The van der Waals surface area contributed by atoms with E-state index in [1.165, 1.54) is 7.41 Å². The number of carbonyl (C=O) groups is 1. The Labute approximate surface area is 72.4 Å². The molecule has 0 aromatic rings. The number of carbonyl (C=O) groups excluding carboxylic acids is 1. The van der Waals surface area contributed by atoms with Gasteiger partial charge in [-0.25, -0.2) is 4.39 Å². The summed E-state index contributed by atoms with van der Waals surface area (Å²) in [6, 6.07) is -0.366. The first-order valence-corrected chi connectivity index (χ1v) is 4.16. The average Bonchev–Trinajstić information content (AvgIpc) is 2.16. The summed E-state index contributed by atoms with van der Waals surface area (Å²) in [7, 11) is 1.38. The molecule has 1 fully saturated rings. The minimum atomic E-state index is -1.01. The van der Waals surface area contributed by atoms with Gasteiger partial charge in [0.25, 0.3) is 7.41 Å². The van der Waals surface area contributed by atoms with Crippen molar-refractivity contribution in [3.8, 4) is 0 Å². The standard InChI is InChI=1S/C7H13BFN2O/c9-6-4-11(8-5-12)3-1-2-7(6)10/h5-7H,1-4,10H2/t6-,7+/m1/s1. The molecule has 0 amide bonds. The maximum atomic E-state index is 13.1. The molecule has 1 rings (SSSR count). The van der Waals surface area contributed by atoms with Gasteiger partial charge in [0.2, 0.25) is 0 Å². The summed E-state index contributed by atoms with van der Waals surface area (Å²) in [5.41, 5.74) is 5.53. The highest BCUT2D eigenvalue weighted by atomic mass is 19.1. The second-order valence-corrected chi connectivity index (χ2v) is 3.10. The summed E-state index contributed by atoms with van der Waals surface area (Å²) in [5, 5.41) is 0. The van der Waals surface area contributed by atoms with Crippen molar-refractivity contribution in [1.29, 1.82) is 0 Å². The van der Waals surface area contributed by atoms with Gasteiger partial charge in [-0.15, -0.1) is 0 Å². The summed E-state index contributed by atoms with van der Waals surface area (Å²) in [5.74, 6) is 0. The van der Waals surface area contributed by atoms with E-state index in [9.17, 15) is 9.18 Å². The molecular formula is C7H13BFN2O. The SMILES string of the molecule is N[C@H]1CCCN([B]C=O)C[C@H]1F. The zero-order valence-corrected chi connectivity index (χ0v) is 6.95. The van der Waals surface area contributed by atoms with Gasteiger partial charge in [-0.2, -0.15) is 0 Å². The highest BCUT2D eigenvalue weighted by Crippen LogP contribution is 2.11. The molecule has 0 bridgehead atoms. The van der Waals surface area contributed by atoms with Crippen LogP contribution in [0, 0.1) is 0 Å². The van der Waals surface area contributed by atoms with Crippen LogP contribution in [-0.2, 0) is 4.79 Å². The molecule has 12 heavy (non-hydrogen) atoms. The molecule has 2 N–H and O–H groups in total. The third-order valence-corrected chi connectivity index (χ3v) is 2.13. The van der Waals surface area contributed by atoms with Gasteiger partial charge < -0.3 is 15.3 Å². The van der Waals surface area contributed by atoms with Gasteiger partial charge in [-0.05, 0) is 19.4 Å². The molecule has 67 valence electrons. The first-order valence-electron chi connectivity index (χ1n) is 4.16. The van der Waals surface area contributed by atoms with Crippen molar-refractivity contribution in [3.63, 3.8) is 0 Å². The molecule has 0 saturated carbocycles. The van der Waals surface area contributed by atoms with Crippen LogP contribution < -0.4 is 5.73 Å². The Morgan fingerprint density at radius 2 is 2.42 bits per heavy atom. The van der Waals surface area contributed by atoms with Gasteiger partial charge in [0.05, 0.1) is 6.19 Å². The van der Waals surface area contributed by atoms with Gasteiger partial charge in [-0.3, -0.25) is 0 Å². The Kier molecular flexibility index (Phi) is 3.68. The lowest BCUT2D eigenvalue weighted by Gasteiger charge is -2.18. The fourth-order valence-corrected chi connectivity index (χ4v) is 1.38. The molecule has 0 aliphatic carbocycles. The largest absolute Gasteiger partial charge is 0.337 e. The van der Waals surface area contributed by atoms with E-state index in [0.29, 0.717) is 12.6 Å². The normalized spacial score (nSPS) is 32.5. The second kappa shape index (κ2) is 4.57. The van der Waals surface area contributed by atoms with E-state index in [0.717, 1.165) is 13.0 Å². The van der Waals surface area contributed by atoms with Crippen LogP contribution in [-0.4, -0.2) is 43.7 Å². The minimum absolute atomic E-state index is 0.250. The zero-order valence-electron chi connectivity index (χ0n) is 6.95. The Morgan fingerprint density at radius 1 is 1.67 bits per heavy atom. The maximum Gasteiger partial charge on any atom is 0.293 e.